The molecule has 0 unspecified atom stereocenters. The predicted octanol–water partition coefficient (Wildman–Crippen LogP) is 1.78. The van der Waals surface area contributed by atoms with Crippen LogP contribution in [0.4, 0.5) is 0 Å². The third kappa shape index (κ3) is 1.53. The van der Waals surface area contributed by atoms with E-state index in [1.165, 1.54) is 11.4 Å². The van der Waals surface area contributed by atoms with Crippen molar-refractivity contribution in [2.24, 2.45) is 7.05 Å². The second kappa shape index (κ2) is 3.76. The molecule has 0 aliphatic rings. The van der Waals surface area contributed by atoms with Crippen LogP contribution in [0.25, 0.3) is 0 Å². The van der Waals surface area contributed by atoms with Gasteiger partial charge in [0, 0.05) is 18.4 Å². The summed E-state index contributed by atoms with van der Waals surface area (Å²) in [5, 5.41) is 9.01. The van der Waals surface area contributed by atoms with Crippen LogP contribution in [0.1, 0.15) is 30.3 Å². The second-order valence-electron chi connectivity index (χ2n) is 3.21. The van der Waals surface area contributed by atoms with Crippen LogP contribution < -0.4 is 0 Å². The number of nitrogens with zero attached hydrogens (tertiary/aromatic N) is 1. The van der Waals surface area contributed by atoms with Crippen LogP contribution in [0, 0.1) is 6.92 Å². The highest BCUT2D eigenvalue weighted by molar-refractivity contribution is 5.26. The molecule has 1 aromatic rings. The maximum atomic E-state index is 9.01. The molecule has 0 aliphatic carbocycles. The van der Waals surface area contributed by atoms with E-state index < -0.39 is 0 Å². The lowest BCUT2D eigenvalue weighted by Gasteiger charge is -2.02. The third-order valence-electron chi connectivity index (χ3n) is 2.42. The molecule has 68 valence electrons. The first-order valence-corrected chi connectivity index (χ1v) is 4.45. The van der Waals surface area contributed by atoms with Gasteiger partial charge in [0.2, 0.25) is 0 Å². The van der Waals surface area contributed by atoms with Crippen molar-refractivity contribution in [1.82, 2.24) is 4.57 Å². The Bertz CT molecular complexity index is 263. The lowest BCUT2D eigenvalue weighted by atomic mass is 10.2. The van der Waals surface area contributed by atoms with E-state index in [0.29, 0.717) is 0 Å². The molecule has 0 saturated heterocycles. The average molecular weight is 167 g/mol. The zero-order valence-corrected chi connectivity index (χ0v) is 8.09. The number of aliphatic hydroxyl groups excluding tert-OH is 1. The van der Waals surface area contributed by atoms with E-state index in [4.69, 9.17) is 5.11 Å². The molecule has 0 spiro atoms. The molecule has 1 N–H and O–H groups in total. The van der Waals surface area contributed by atoms with Crippen LogP contribution in [0.5, 0.6) is 0 Å². The van der Waals surface area contributed by atoms with Gasteiger partial charge in [0.15, 0.2) is 0 Å². The Labute approximate surface area is 73.8 Å². The SMILES string of the molecule is CCCc1cc(CO)c(C)n1C. The summed E-state index contributed by atoms with van der Waals surface area (Å²) >= 11 is 0. The lowest BCUT2D eigenvalue weighted by Crippen LogP contribution is -1.97. The normalized spacial score (nSPS) is 10.7. The van der Waals surface area contributed by atoms with Gasteiger partial charge >= 0.3 is 0 Å². The number of hydrogen-bond acceptors (Lipinski definition) is 1. The largest absolute Gasteiger partial charge is 0.392 e. The zero-order valence-electron chi connectivity index (χ0n) is 8.09. The van der Waals surface area contributed by atoms with Gasteiger partial charge < -0.3 is 9.67 Å². The van der Waals surface area contributed by atoms with Crippen LogP contribution in [0.15, 0.2) is 6.07 Å². The minimum atomic E-state index is 0.156. The Morgan fingerprint density at radius 2 is 2.17 bits per heavy atom. The first kappa shape index (κ1) is 9.33. The molecule has 0 amide bonds. The van der Waals surface area contributed by atoms with E-state index in [0.717, 1.165) is 18.4 Å². The van der Waals surface area contributed by atoms with Gasteiger partial charge in [-0.25, -0.2) is 0 Å². The van der Waals surface area contributed by atoms with Crippen molar-refractivity contribution in [3.8, 4) is 0 Å². The maximum absolute atomic E-state index is 9.01. The summed E-state index contributed by atoms with van der Waals surface area (Å²) in [6.07, 6.45) is 2.25. The molecule has 1 rings (SSSR count). The Morgan fingerprint density at radius 1 is 1.50 bits per heavy atom. The van der Waals surface area contributed by atoms with Crippen molar-refractivity contribution in [1.29, 1.82) is 0 Å². The molecule has 0 bridgehead atoms. The quantitative estimate of drug-likeness (QED) is 0.729. The van der Waals surface area contributed by atoms with E-state index in [-0.39, 0.29) is 6.61 Å². The molecule has 1 aromatic heterocycles. The standard InChI is InChI=1S/C10H17NO/c1-4-5-10-6-9(7-12)8(2)11(10)3/h6,12H,4-5,7H2,1-3H3. The van der Waals surface area contributed by atoms with Gasteiger partial charge in [-0.15, -0.1) is 0 Å². The highest BCUT2D eigenvalue weighted by Crippen LogP contribution is 2.14. The molecule has 2 heteroatoms. The fraction of sp³-hybridized carbons (Fsp3) is 0.600. The minimum absolute atomic E-state index is 0.156. The van der Waals surface area contributed by atoms with E-state index in [1.54, 1.807) is 0 Å². The summed E-state index contributed by atoms with van der Waals surface area (Å²) in [5.74, 6) is 0. The first-order valence-electron chi connectivity index (χ1n) is 4.45. The highest BCUT2D eigenvalue weighted by atomic mass is 16.3. The van der Waals surface area contributed by atoms with Crippen LogP contribution >= 0.6 is 0 Å². The van der Waals surface area contributed by atoms with Gasteiger partial charge in [0.1, 0.15) is 0 Å². The summed E-state index contributed by atoms with van der Waals surface area (Å²) < 4.78 is 2.16. The molecule has 2 nitrogen and oxygen atoms in total. The van der Waals surface area contributed by atoms with Crippen molar-refractivity contribution < 1.29 is 5.11 Å². The van der Waals surface area contributed by atoms with Crippen LogP contribution in [0.3, 0.4) is 0 Å². The average Bonchev–Trinajstić information content (AvgIpc) is 2.33. The summed E-state index contributed by atoms with van der Waals surface area (Å²) in [6, 6.07) is 2.10. The molecule has 0 aromatic carbocycles. The Morgan fingerprint density at radius 3 is 2.58 bits per heavy atom. The van der Waals surface area contributed by atoms with E-state index >= 15 is 0 Å². The topological polar surface area (TPSA) is 25.2 Å². The van der Waals surface area contributed by atoms with Crippen LogP contribution in [-0.2, 0) is 20.1 Å². The molecule has 0 aliphatic heterocycles. The number of rotatable bonds is 3. The van der Waals surface area contributed by atoms with Crippen LogP contribution in [-0.4, -0.2) is 9.67 Å². The second-order valence-corrected chi connectivity index (χ2v) is 3.21. The van der Waals surface area contributed by atoms with Crippen molar-refractivity contribution in [3.05, 3.63) is 23.0 Å². The molecule has 0 radical (unpaired) electrons. The van der Waals surface area contributed by atoms with Crippen molar-refractivity contribution in [2.75, 3.05) is 0 Å². The Balaban J connectivity index is 2.98. The van der Waals surface area contributed by atoms with Gasteiger partial charge in [0.25, 0.3) is 0 Å². The van der Waals surface area contributed by atoms with Gasteiger partial charge in [0.05, 0.1) is 6.61 Å². The van der Waals surface area contributed by atoms with E-state index in [2.05, 4.69) is 24.6 Å². The Kier molecular flexibility index (Phi) is 2.93. The molecule has 1 heterocycles. The molecular formula is C10H17NO. The summed E-state index contributed by atoms with van der Waals surface area (Å²) in [7, 11) is 2.06. The van der Waals surface area contributed by atoms with Gasteiger partial charge in [-0.3, -0.25) is 0 Å². The van der Waals surface area contributed by atoms with E-state index in [9.17, 15) is 0 Å². The number of aromatic nitrogens is 1. The fourth-order valence-electron chi connectivity index (χ4n) is 1.49. The summed E-state index contributed by atoms with van der Waals surface area (Å²) in [4.78, 5) is 0. The summed E-state index contributed by atoms with van der Waals surface area (Å²) in [5.41, 5.74) is 3.56. The first-order chi connectivity index (χ1) is 5.70. The highest BCUT2D eigenvalue weighted by Gasteiger charge is 2.06. The minimum Gasteiger partial charge on any atom is -0.392 e. The molecule has 0 atom stereocenters. The van der Waals surface area contributed by atoms with Gasteiger partial charge in [-0.1, -0.05) is 13.3 Å². The Hall–Kier alpha value is -0.760. The predicted molar refractivity (Wildman–Crippen MR) is 50.1 cm³/mol. The number of aliphatic hydroxyl groups is 1. The maximum Gasteiger partial charge on any atom is 0.0699 e. The molecule has 0 fully saturated rings. The molecule has 12 heavy (non-hydrogen) atoms. The van der Waals surface area contributed by atoms with Crippen molar-refractivity contribution >= 4 is 0 Å². The third-order valence-corrected chi connectivity index (χ3v) is 2.42. The number of aryl methyl sites for hydroxylation is 1. The van der Waals surface area contributed by atoms with Crippen molar-refractivity contribution in [3.63, 3.8) is 0 Å². The zero-order chi connectivity index (χ0) is 9.14. The van der Waals surface area contributed by atoms with Crippen LogP contribution in [0.2, 0.25) is 0 Å². The van der Waals surface area contributed by atoms with Gasteiger partial charge in [-0.2, -0.15) is 0 Å². The van der Waals surface area contributed by atoms with Crippen molar-refractivity contribution in [2.45, 2.75) is 33.3 Å². The van der Waals surface area contributed by atoms with Gasteiger partial charge in [-0.05, 0) is 25.0 Å². The molecular weight excluding hydrogens is 150 g/mol. The smallest absolute Gasteiger partial charge is 0.0699 e. The molecule has 0 saturated carbocycles. The van der Waals surface area contributed by atoms with E-state index in [1.807, 2.05) is 6.92 Å². The fourth-order valence-corrected chi connectivity index (χ4v) is 1.49. The number of hydrogen-bond donors (Lipinski definition) is 1. The summed E-state index contributed by atoms with van der Waals surface area (Å²) in [6.45, 7) is 4.37. The lowest BCUT2D eigenvalue weighted by molar-refractivity contribution is 0.281. The monoisotopic (exact) mass is 167 g/mol.